The number of nitrogens with zero attached hydrogens (tertiary/aromatic N) is 1. The van der Waals surface area contributed by atoms with Gasteiger partial charge in [0.25, 0.3) is 0 Å². The predicted octanol–water partition coefficient (Wildman–Crippen LogP) is 3.43. The summed E-state index contributed by atoms with van der Waals surface area (Å²) in [5.74, 6) is 1.40. The quantitative estimate of drug-likeness (QED) is 0.912. The van der Waals surface area contributed by atoms with Gasteiger partial charge in [-0.05, 0) is 42.9 Å². The number of hydrogen-bond donors (Lipinski definition) is 1. The van der Waals surface area contributed by atoms with Crippen molar-refractivity contribution >= 4 is 0 Å². The summed E-state index contributed by atoms with van der Waals surface area (Å²) in [6.07, 6.45) is 4.25. The molecule has 1 heterocycles. The van der Waals surface area contributed by atoms with E-state index in [-0.39, 0.29) is 0 Å². The van der Waals surface area contributed by atoms with Crippen LogP contribution in [0.2, 0.25) is 0 Å². The molecule has 0 atom stereocenters. The van der Waals surface area contributed by atoms with E-state index >= 15 is 0 Å². The maximum absolute atomic E-state index is 5.15. The smallest absolute Gasteiger partial charge is 0.213 e. The molecular formula is C18H22N2O. The average molecular weight is 282 g/mol. The van der Waals surface area contributed by atoms with Crippen LogP contribution < -0.4 is 10.1 Å². The first-order valence-corrected chi connectivity index (χ1v) is 7.53. The highest BCUT2D eigenvalue weighted by atomic mass is 16.5. The normalized spacial score (nSPS) is 20.9. The summed E-state index contributed by atoms with van der Waals surface area (Å²) in [7, 11) is 1.65. The van der Waals surface area contributed by atoms with Crippen LogP contribution in [0, 0.1) is 6.92 Å². The molecule has 1 aromatic carbocycles. The minimum atomic E-state index is 0.621. The fourth-order valence-electron chi connectivity index (χ4n) is 2.83. The number of aryl methyl sites for hydroxylation is 1. The van der Waals surface area contributed by atoms with Crippen LogP contribution >= 0.6 is 0 Å². The molecule has 0 radical (unpaired) electrons. The van der Waals surface area contributed by atoms with E-state index < -0.39 is 0 Å². The summed E-state index contributed by atoms with van der Waals surface area (Å²) < 4.78 is 5.15. The van der Waals surface area contributed by atoms with Crippen molar-refractivity contribution in [1.82, 2.24) is 10.3 Å². The molecule has 3 rings (SSSR count). The van der Waals surface area contributed by atoms with Gasteiger partial charge in [-0.2, -0.15) is 0 Å². The molecule has 1 saturated carbocycles. The van der Waals surface area contributed by atoms with Gasteiger partial charge in [-0.15, -0.1) is 0 Å². The largest absolute Gasteiger partial charge is 0.481 e. The lowest BCUT2D eigenvalue weighted by Crippen LogP contribution is -2.39. The van der Waals surface area contributed by atoms with Crippen molar-refractivity contribution in [3.8, 4) is 5.88 Å². The molecule has 0 saturated heterocycles. The van der Waals surface area contributed by atoms with E-state index in [0.717, 1.165) is 12.5 Å². The van der Waals surface area contributed by atoms with Crippen molar-refractivity contribution in [3.63, 3.8) is 0 Å². The lowest BCUT2D eigenvalue weighted by atomic mass is 9.75. The fraction of sp³-hybridized carbons (Fsp3) is 0.389. The SMILES string of the molecule is COc1cc(CNC2CC(c3ccc(C)cc3)C2)ccn1. The first kappa shape index (κ1) is 14.1. The van der Waals surface area contributed by atoms with Crippen LogP contribution in [0.4, 0.5) is 0 Å². The van der Waals surface area contributed by atoms with E-state index in [1.165, 1.54) is 29.5 Å². The molecule has 21 heavy (non-hydrogen) atoms. The Balaban J connectivity index is 1.47. The van der Waals surface area contributed by atoms with E-state index in [2.05, 4.69) is 41.5 Å². The number of benzene rings is 1. The van der Waals surface area contributed by atoms with Crippen molar-refractivity contribution in [2.45, 2.75) is 38.3 Å². The molecule has 2 aromatic rings. The van der Waals surface area contributed by atoms with E-state index in [0.29, 0.717) is 11.9 Å². The van der Waals surface area contributed by atoms with Crippen LogP contribution in [0.3, 0.4) is 0 Å². The molecule has 3 nitrogen and oxygen atoms in total. The molecule has 0 amide bonds. The third-order valence-corrected chi connectivity index (χ3v) is 4.29. The molecule has 0 aliphatic heterocycles. The van der Waals surface area contributed by atoms with Crippen molar-refractivity contribution < 1.29 is 4.74 Å². The lowest BCUT2D eigenvalue weighted by molar-refractivity contribution is 0.289. The Kier molecular flexibility index (Phi) is 4.20. The zero-order valence-corrected chi connectivity index (χ0v) is 12.7. The van der Waals surface area contributed by atoms with Crippen molar-refractivity contribution in [2.75, 3.05) is 7.11 Å². The Morgan fingerprint density at radius 1 is 1.19 bits per heavy atom. The van der Waals surface area contributed by atoms with Gasteiger partial charge in [0.15, 0.2) is 0 Å². The van der Waals surface area contributed by atoms with Crippen LogP contribution in [-0.2, 0) is 6.54 Å². The lowest BCUT2D eigenvalue weighted by Gasteiger charge is -2.36. The average Bonchev–Trinajstić information content (AvgIpc) is 2.47. The summed E-state index contributed by atoms with van der Waals surface area (Å²) in [6.45, 7) is 3.02. The molecule has 0 spiro atoms. The van der Waals surface area contributed by atoms with Crippen LogP contribution in [-0.4, -0.2) is 18.1 Å². The van der Waals surface area contributed by atoms with E-state index in [1.807, 2.05) is 12.1 Å². The Hall–Kier alpha value is -1.87. The molecule has 1 aliphatic rings. The Labute approximate surface area is 126 Å². The summed E-state index contributed by atoms with van der Waals surface area (Å²) in [4.78, 5) is 4.13. The van der Waals surface area contributed by atoms with Gasteiger partial charge in [-0.3, -0.25) is 0 Å². The molecule has 1 aliphatic carbocycles. The number of pyridine rings is 1. The molecule has 0 bridgehead atoms. The van der Waals surface area contributed by atoms with Gasteiger partial charge in [0.1, 0.15) is 0 Å². The Morgan fingerprint density at radius 2 is 1.95 bits per heavy atom. The molecular weight excluding hydrogens is 260 g/mol. The minimum absolute atomic E-state index is 0.621. The second-order valence-electron chi connectivity index (χ2n) is 5.86. The summed E-state index contributed by atoms with van der Waals surface area (Å²) in [5, 5.41) is 3.61. The van der Waals surface area contributed by atoms with Gasteiger partial charge in [0.2, 0.25) is 5.88 Å². The van der Waals surface area contributed by atoms with Crippen molar-refractivity contribution in [3.05, 3.63) is 59.3 Å². The second kappa shape index (κ2) is 6.27. The topological polar surface area (TPSA) is 34.1 Å². The number of methoxy groups -OCH3 is 1. The highest BCUT2D eigenvalue weighted by Gasteiger charge is 2.29. The van der Waals surface area contributed by atoms with E-state index in [4.69, 9.17) is 4.74 Å². The van der Waals surface area contributed by atoms with Gasteiger partial charge in [0.05, 0.1) is 7.11 Å². The van der Waals surface area contributed by atoms with Crippen molar-refractivity contribution in [1.29, 1.82) is 0 Å². The molecule has 1 N–H and O–H groups in total. The zero-order chi connectivity index (χ0) is 14.7. The van der Waals surface area contributed by atoms with Gasteiger partial charge in [-0.25, -0.2) is 4.98 Å². The molecule has 0 unspecified atom stereocenters. The first-order valence-electron chi connectivity index (χ1n) is 7.53. The maximum atomic E-state index is 5.15. The van der Waals surface area contributed by atoms with Gasteiger partial charge in [-0.1, -0.05) is 29.8 Å². The van der Waals surface area contributed by atoms with Crippen LogP contribution in [0.25, 0.3) is 0 Å². The number of ether oxygens (including phenoxy) is 1. The molecule has 3 heteroatoms. The highest BCUT2D eigenvalue weighted by Crippen LogP contribution is 2.37. The number of aromatic nitrogens is 1. The van der Waals surface area contributed by atoms with Gasteiger partial charge < -0.3 is 10.1 Å². The monoisotopic (exact) mass is 282 g/mol. The van der Waals surface area contributed by atoms with Gasteiger partial charge in [0, 0.05) is 24.8 Å². The standard InChI is InChI=1S/C18H22N2O/c1-13-3-5-15(6-4-13)16-10-17(11-16)20-12-14-7-8-19-18(9-14)21-2/h3-9,16-17,20H,10-12H2,1-2H3. The Bertz CT molecular complexity index is 588. The number of rotatable bonds is 5. The molecule has 1 fully saturated rings. The van der Waals surface area contributed by atoms with Crippen LogP contribution in [0.5, 0.6) is 5.88 Å². The summed E-state index contributed by atoms with van der Waals surface area (Å²) in [6, 6.07) is 13.6. The van der Waals surface area contributed by atoms with E-state index in [1.54, 1.807) is 13.3 Å². The second-order valence-corrected chi connectivity index (χ2v) is 5.86. The molecule has 1 aromatic heterocycles. The minimum Gasteiger partial charge on any atom is -0.481 e. The van der Waals surface area contributed by atoms with Crippen LogP contribution in [0.1, 0.15) is 35.4 Å². The Morgan fingerprint density at radius 3 is 2.67 bits per heavy atom. The third-order valence-electron chi connectivity index (χ3n) is 4.29. The van der Waals surface area contributed by atoms with Crippen molar-refractivity contribution in [2.24, 2.45) is 0 Å². The maximum Gasteiger partial charge on any atom is 0.213 e. The summed E-state index contributed by atoms with van der Waals surface area (Å²) >= 11 is 0. The zero-order valence-electron chi connectivity index (χ0n) is 12.7. The summed E-state index contributed by atoms with van der Waals surface area (Å²) in [5.41, 5.74) is 4.03. The molecule has 110 valence electrons. The van der Waals surface area contributed by atoms with E-state index in [9.17, 15) is 0 Å². The number of nitrogens with one attached hydrogen (secondary N) is 1. The first-order chi connectivity index (χ1) is 10.2. The van der Waals surface area contributed by atoms with Crippen LogP contribution in [0.15, 0.2) is 42.6 Å². The number of hydrogen-bond acceptors (Lipinski definition) is 3. The van der Waals surface area contributed by atoms with Gasteiger partial charge >= 0.3 is 0 Å². The fourth-order valence-corrected chi connectivity index (χ4v) is 2.83. The third kappa shape index (κ3) is 3.42. The predicted molar refractivity (Wildman–Crippen MR) is 84.6 cm³/mol. The highest BCUT2D eigenvalue weighted by molar-refractivity contribution is 5.27.